The van der Waals surface area contributed by atoms with Gasteiger partial charge in [-0.15, -0.1) is 0 Å². The molecule has 0 aliphatic carbocycles. The fourth-order valence-electron chi connectivity index (χ4n) is 5.23. The topological polar surface area (TPSA) is 105 Å². The van der Waals surface area contributed by atoms with Crippen LogP contribution in [0.5, 0.6) is 0 Å². The van der Waals surface area contributed by atoms with E-state index in [0.29, 0.717) is 24.5 Å². The summed E-state index contributed by atoms with van der Waals surface area (Å²) in [4.78, 5) is 40.9. The summed E-state index contributed by atoms with van der Waals surface area (Å²) in [7, 11) is 0. The zero-order valence-corrected chi connectivity index (χ0v) is 22.9. The van der Waals surface area contributed by atoms with Gasteiger partial charge in [-0.1, -0.05) is 78.3 Å². The third kappa shape index (κ3) is 7.05. The molecule has 1 saturated heterocycles. The van der Waals surface area contributed by atoms with Gasteiger partial charge in [0.25, 0.3) is 0 Å². The number of likely N-dealkylation sites (N-methyl/N-ethyl adjacent to an activating group) is 1. The largest absolute Gasteiger partial charge is 0.356 e. The van der Waals surface area contributed by atoms with Crippen LogP contribution < -0.4 is 16.4 Å². The molecule has 0 spiro atoms. The number of carbonyl (C=O) groups is 3. The molecule has 3 aromatic rings. The van der Waals surface area contributed by atoms with Crippen LogP contribution in [-0.2, 0) is 27.3 Å². The number of hydrogen-bond donors (Lipinski definition) is 3. The molecular weight excluding hydrogens is 512 g/mol. The predicted molar refractivity (Wildman–Crippen MR) is 153 cm³/mol. The van der Waals surface area contributed by atoms with Crippen molar-refractivity contribution in [3.05, 3.63) is 106 Å². The Morgan fingerprint density at radius 1 is 0.949 bits per heavy atom. The van der Waals surface area contributed by atoms with Crippen LogP contribution in [0.4, 0.5) is 0 Å². The molecule has 1 unspecified atom stereocenters. The van der Waals surface area contributed by atoms with Gasteiger partial charge in [0.05, 0.1) is 12.5 Å². The Morgan fingerprint density at radius 2 is 1.59 bits per heavy atom. The molecule has 204 valence electrons. The molecule has 8 heteroatoms. The van der Waals surface area contributed by atoms with E-state index in [1.165, 1.54) is 0 Å². The van der Waals surface area contributed by atoms with Crippen LogP contribution in [0.25, 0.3) is 0 Å². The first-order valence-electron chi connectivity index (χ1n) is 13.4. The SMILES string of the molecule is CCNC(=O)Cc1ccc(Cl)cc1CNC(=O)[C@@H]1CCCN1C(=O)C(N)C(c1ccccc1)c1ccccc1. The van der Waals surface area contributed by atoms with E-state index in [4.69, 9.17) is 17.3 Å². The number of nitrogens with two attached hydrogens (primary N) is 1. The molecule has 4 rings (SSSR count). The monoisotopic (exact) mass is 546 g/mol. The molecule has 0 saturated carbocycles. The number of rotatable bonds is 10. The van der Waals surface area contributed by atoms with Crippen LogP contribution >= 0.6 is 11.6 Å². The number of nitrogens with one attached hydrogen (secondary N) is 2. The van der Waals surface area contributed by atoms with Crippen molar-refractivity contribution in [1.82, 2.24) is 15.5 Å². The average Bonchev–Trinajstić information content (AvgIpc) is 3.44. The molecule has 1 aliphatic heterocycles. The fraction of sp³-hybridized carbons (Fsp3) is 0.323. The van der Waals surface area contributed by atoms with Crippen molar-refractivity contribution in [3.63, 3.8) is 0 Å². The molecule has 3 amide bonds. The van der Waals surface area contributed by atoms with Crippen molar-refractivity contribution in [2.75, 3.05) is 13.1 Å². The summed E-state index contributed by atoms with van der Waals surface area (Å²) < 4.78 is 0. The summed E-state index contributed by atoms with van der Waals surface area (Å²) in [6, 6.07) is 23.3. The van der Waals surface area contributed by atoms with Gasteiger partial charge in [0.2, 0.25) is 17.7 Å². The number of benzene rings is 3. The minimum absolute atomic E-state index is 0.0969. The van der Waals surface area contributed by atoms with Crippen molar-refractivity contribution in [1.29, 1.82) is 0 Å². The second-order valence-electron chi connectivity index (χ2n) is 9.78. The van der Waals surface area contributed by atoms with Crippen molar-refractivity contribution in [3.8, 4) is 0 Å². The van der Waals surface area contributed by atoms with E-state index in [-0.39, 0.29) is 36.6 Å². The fourth-order valence-corrected chi connectivity index (χ4v) is 5.42. The van der Waals surface area contributed by atoms with Gasteiger partial charge in [0.15, 0.2) is 0 Å². The second-order valence-corrected chi connectivity index (χ2v) is 10.2. The molecule has 4 N–H and O–H groups in total. The van der Waals surface area contributed by atoms with Gasteiger partial charge in [0.1, 0.15) is 6.04 Å². The van der Waals surface area contributed by atoms with Gasteiger partial charge < -0.3 is 21.3 Å². The van der Waals surface area contributed by atoms with Crippen LogP contribution in [0.3, 0.4) is 0 Å². The molecule has 7 nitrogen and oxygen atoms in total. The summed E-state index contributed by atoms with van der Waals surface area (Å²) >= 11 is 6.21. The lowest BCUT2D eigenvalue weighted by Crippen LogP contribution is -2.52. The van der Waals surface area contributed by atoms with E-state index in [1.807, 2.05) is 67.6 Å². The highest BCUT2D eigenvalue weighted by atomic mass is 35.5. The first kappa shape index (κ1) is 28.3. The van der Waals surface area contributed by atoms with Gasteiger partial charge in [-0.3, -0.25) is 14.4 Å². The van der Waals surface area contributed by atoms with Gasteiger partial charge in [-0.2, -0.15) is 0 Å². The normalized spacial score (nSPS) is 15.7. The Bertz CT molecular complexity index is 1250. The van der Waals surface area contributed by atoms with Crippen molar-refractivity contribution in [2.24, 2.45) is 5.73 Å². The van der Waals surface area contributed by atoms with Crippen molar-refractivity contribution < 1.29 is 14.4 Å². The highest BCUT2D eigenvalue weighted by Gasteiger charge is 2.39. The van der Waals surface area contributed by atoms with Crippen molar-refractivity contribution >= 4 is 29.3 Å². The molecule has 0 aromatic heterocycles. The van der Waals surface area contributed by atoms with E-state index >= 15 is 0 Å². The summed E-state index contributed by atoms with van der Waals surface area (Å²) in [6.07, 6.45) is 1.48. The van der Waals surface area contributed by atoms with Gasteiger partial charge in [0, 0.05) is 30.6 Å². The lowest BCUT2D eigenvalue weighted by atomic mass is 9.84. The molecule has 1 heterocycles. The number of halogens is 1. The van der Waals surface area contributed by atoms with Crippen LogP contribution in [0.2, 0.25) is 5.02 Å². The summed E-state index contributed by atoms with van der Waals surface area (Å²) in [5, 5.41) is 6.28. The lowest BCUT2D eigenvalue weighted by molar-refractivity contribution is -0.139. The maximum Gasteiger partial charge on any atom is 0.243 e. The Morgan fingerprint density at radius 3 is 2.21 bits per heavy atom. The van der Waals surface area contributed by atoms with Crippen LogP contribution in [0.1, 0.15) is 47.9 Å². The standard InChI is InChI=1S/C31H35ClN4O3/c1-2-34-27(37)19-23-15-16-25(32)18-24(23)20-35-30(38)26-14-9-17-36(26)31(39)29(33)28(21-10-5-3-6-11-21)22-12-7-4-8-13-22/h3-8,10-13,15-16,18,26,28-29H,2,9,14,17,19-20,33H2,1H3,(H,34,37)(H,35,38)/t26-,29?/m0/s1. The van der Waals surface area contributed by atoms with Crippen LogP contribution in [-0.4, -0.2) is 47.8 Å². The first-order chi connectivity index (χ1) is 18.9. The van der Waals surface area contributed by atoms with Gasteiger partial charge >= 0.3 is 0 Å². The molecule has 2 atom stereocenters. The Labute approximate surface area is 234 Å². The number of hydrogen-bond acceptors (Lipinski definition) is 4. The average molecular weight is 547 g/mol. The first-order valence-corrected chi connectivity index (χ1v) is 13.7. The molecule has 1 aliphatic rings. The Balaban J connectivity index is 1.48. The number of nitrogens with zero attached hydrogens (tertiary/aromatic N) is 1. The predicted octanol–water partition coefficient (Wildman–Crippen LogP) is 3.79. The zero-order chi connectivity index (χ0) is 27.8. The van der Waals surface area contributed by atoms with E-state index in [2.05, 4.69) is 10.6 Å². The van der Waals surface area contributed by atoms with E-state index in [0.717, 1.165) is 28.7 Å². The third-order valence-corrected chi connectivity index (χ3v) is 7.38. The molecule has 0 radical (unpaired) electrons. The highest BCUT2D eigenvalue weighted by Crippen LogP contribution is 2.30. The quantitative estimate of drug-likeness (QED) is 0.360. The summed E-state index contributed by atoms with van der Waals surface area (Å²) in [5.41, 5.74) is 10.1. The number of likely N-dealkylation sites (tertiary alicyclic amines) is 1. The van der Waals surface area contributed by atoms with Crippen LogP contribution in [0, 0.1) is 0 Å². The minimum atomic E-state index is -0.847. The lowest BCUT2D eigenvalue weighted by Gasteiger charge is -2.31. The smallest absolute Gasteiger partial charge is 0.243 e. The number of carbonyl (C=O) groups excluding carboxylic acids is 3. The van der Waals surface area contributed by atoms with Gasteiger partial charge in [-0.25, -0.2) is 0 Å². The maximum atomic E-state index is 13.8. The molecule has 0 bridgehead atoms. The minimum Gasteiger partial charge on any atom is -0.356 e. The Hall–Kier alpha value is -3.68. The van der Waals surface area contributed by atoms with E-state index < -0.39 is 12.1 Å². The highest BCUT2D eigenvalue weighted by molar-refractivity contribution is 6.30. The molecule has 1 fully saturated rings. The van der Waals surface area contributed by atoms with Crippen LogP contribution in [0.15, 0.2) is 78.9 Å². The Kier molecular flexibility index (Phi) is 9.74. The maximum absolute atomic E-state index is 13.8. The van der Waals surface area contributed by atoms with Crippen molar-refractivity contribution in [2.45, 2.75) is 50.7 Å². The van der Waals surface area contributed by atoms with Gasteiger partial charge in [-0.05, 0) is 54.2 Å². The summed E-state index contributed by atoms with van der Waals surface area (Å²) in [6.45, 7) is 3.08. The number of amides is 3. The van der Waals surface area contributed by atoms with E-state index in [9.17, 15) is 14.4 Å². The second kappa shape index (κ2) is 13.4. The zero-order valence-electron chi connectivity index (χ0n) is 22.1. The molecular formula is C31H35ClN4O3. The third-order valence-electron chi connectivity index (χ3n) is 7.15. The van der Waals surface area contributed by atoms with E-state index in [1.54, 1.807) is 23.1 Å². The molecule has 39 heavy (non-hydrogen) atoms. The molecule has 3 aromatic carbocycles. The summed E-state index contributed by atoms with van der Waals surface area (Å²) in [5.74, 6) is -0.925.